The van der Waals surface area contributed by atoms with Crippen molar-refractivity contribution in [3.05, 3.63) is 64.1 Å². The predicted molar refractivity (Wildman–Crippen MR) is 107 cm³/mol. The molecule has 0 saturated carbocycles. The topological polar surface area (TPSA) is 147 Å². The van der Waals surface area contributed by atoms with Crippen molar-refractivity contribution >= 4 is 40.7 Å². The number of hydrazine groups is 1. The van der Waals surface area contributed by atoms with Crippen LogP contribution in [0.5, 0.6) is 0 Å². The Morgan fingerprint density at radius 1 is 1.23 bits per heavy atom. The molecule has 1 aliphatic heterocycles. The van der Waals surface area contributed by atoms with Crippen LogP contribution in [0.4, 0.5) is 5.69 Å². The molecule has 11 nitrogen and oxygen atoms in total. The van der Waals surface area contributed by atoms with E-state index in [-0.39, 0.29) is 41.8 Å². The van der Waals surface area contributed by atoms with Crippen LogP contribution in [0.3, 0.4) is 0 Å². The number of benzene rings is 1. The van der Waals surface area contributed by atoms with Crippen LogP contribution >= 0.6 is 12.2 Å². The van der Waals surface area contributed by atoms with Gasteiger partial charge in [0.2, 0.25) is 11.8 Å². The van der Waals surface area contributed by atoms with Gasteiger partial charge in [0.05, 0.1) is 23.6 Å². The number of carbonyl (C=O) groups excluding carboxylic acids is 3. The normalized spacial score (nSPS) is 15.5. The SMILES string of the molecule is O=C(NC(=S)NNC(=O)C1CC(=O)N(Cc2ccco2)C1)c1ccccc1[N+](=O)[O-]. The summed E-state index contributed by atoms with van der Waals surface area (Å²) in [7, 11) is 0. The van der Waals surface area contributed by atoms with Crippen molar-refractivity contribution in [1.82, 2.24) is 21.1 Å². The predicted octanol–water partition coefficient (Wildman–Crippen LogP) is 0.872. The standard InChI is InChI=1S/C18H17N5O6S/c24-15-8-11(9-22(15)10-12-4-3-7-29-12)16(25)20-21-18(30)19-17(26)13-5-1-2-6-14(13)23(27)28/h1-7,11H,8-10H2,(H,20,25)(H2,19,21,26,30). The molecule has 0 spiro atoms. The summed E-state index contributed by atoms with van der Waals surface area (Å²) in [6.07, 6.45) is 1.53. The van der Waals surface area contributed by atoms with Crippen LogP contribution in [-0.2, 0) is 16.1 Å². The van der Waals surface area contributed by atoms with Crippen LogP contribution in [0.2, 0.25) is 0 Å². The number of amides is 3. The summed E-state index contributed by atoms with van der Waals surface area (Å²) in [5, 5.41) is 13.0. The molecule has 0 radical (unpaired) electrons. The van der Waals surface area contributed by atoms with Crippen molar-refractivity contribution in [1.29, 1.82) is 0 Å². The van der Waals surface area contributed by atoms with Gasteiger partial charge in [-0.15, -0.1) is 0 Å². The summed E-state index contributed by atoms with van der Waals surface area (Å²) >= 11 is 4.94. The highest BCUT2D eigenvalue weighted by molar-refractivity contribution is 7.80. The molecule has 1 saturated heterocycles. The first-order valence-electron chi connectivity index (χ1n) is 8.80. The van der Waals surface area contributed by atoms with Gasteiger partial charge in [0.25, 0.3) is 11.6 Å². The lowest BCUT2D eigenvalue weighted by Gasteiger charge is -2.16. The number of carbonyl (C=O) groups is 3. The third-order valence-electron chi connectivity index (χ3n) is 4.38. The molecule has 1 aliphatic rings. The minimum absolute atomic E-state index is 0.0313. The van der Waals surface area contributed by atoms with Gasteiger partial charge in [-0.2, -0.15) is 0 Å². The average Bonchev–Trinajstić information content (AvgIpc) is 3.36. The number of hydrogen-bond donors (Lipinski definition) is 3. The highest BCUT2D eigenvalue weighted by atomic mass is 32.1. The summed E-state index contributed by atoms with van der Waals surface area (Å²) in [5.41, 5.74) is 4.16. The van der Waals surface area contributed by atoms with Gasteiger partial charge in [0.15, 0.2) is 5.11 Å². The van der Waals surface area contributed by atoms with Gasteiger partial charge in [0.1, 0.15) is 11.3 Å². The second-order valence-corrected chi connectivity index (χ2v) is 6.83. The molecular weight excluding hydrogens is 414 g/mol. The lowest BCUT2D eigenvalue weighted by atomic mass is 10.1. The van der Waals surface area contributed by atoms with Crippen molar-refractivity contribution in [3.63, 3.8) is 0 Å². The second-order valence-electron chi connectivity index (χ2n) is 6.43. The monoisotopic (exact) mass is 431 g/mol. The van der Waals surface area contributed by atoms with Crippen LogP contribution in [0.1, 0.15) is 22.5 Å². The molecule has 12 heteroatoms. The van der Waals surface area contributed by atoms with Gasteiger partial charge in [-0.3, -0.25) is 40.7 Å². The molecule has 1 atom stereocenters. The van der Waals surface area contributed by atoms with Gasteiger partial charge >= 0.3 is 0 Å². The lowest BCUT2D eigenvalue weighted by molar-refractivity contribution is -0.385. The first-order valence-corrected chi connectivity index (χ1v) is 9.20. The molecular formula is C18H17N5O6S. The third kappa shape index (κ3) is 4.97. The third-order valence-corrected chi connectivity index (χ3v) is 4.59. The smallest absolute Gasteiger partial charge is 0.282 e. The van der Waals surface area contributed by atoms with Crippen molar-refractivity contribution in [2.45, 2.75) is 13.0 Å². The van der Waals surface area contributed by atoms with Gasteiger partial charge < -0.3 is 9.32 Å². The van der Waals surface area contributed by atoms with Crippen LogP contribution in [-0.4, -0.2) is 39.2 Å². The summed E-state index contributed by atoms with van der Waals surface area (Å²) in [6, 6.07) is 8.84. The van der Waals surface area contributed by atoms with E-state index in [1.165, 1.54) is 35.4 Å². The summed E-state index contributed by atoms with van der Waals surface area (Å²) in [5.74, 6) is -1.45. The Morgan fingerprint density at radius 2 is 2.00 bits per heavy atom. The minimum atomic E-state index is -0.797. The highest BCUT2D eigenvalue weighted by Crippen LogP contribution is 2.20. The van der Waals surface area contributed by atoms with Gasteiger partial charge in [-0.05, 0) is 30.4 Å². The maximum atomic E-state index is 12.3. The molecule has 1 aromatic heterocycles. The Kier molecular flexibility index (Phi) is 6.37. The van der Waals surface area contributed by atoms with Crippen LogP contribution in [0, 0.1) is 16.0 Å². The fourth-order valence-corrected chi connectivity index (χ4v) is 3.08. The Bertz CT molecular complexity index is 993. The van der Waals surface area contributed by atoms with Crippen molar-refractivity contribution in [2.24, 2.45) is 5.92 Å². The molecule has 2 aromatic rings. The molecule has 3 amide bonds. The van der Waals surface area contributed by atoms with Crippen molar-refractivity contribution in [3.8, 4) is 0 Å². The highest BCUT2D eigenvalue weighted by Gasteiger charge is 2.34. The van der Waals surface area contributed by atoms with Crippen molar-refractivity contribution < 1.29 is 23.7 Å². The number of furan rings is 1. The summed E-state index contributed by atoms with van der Waals surface area (Å²) in [4.78, 5) is 48.4. The van der Waals surface area contributed by atoms with E-state index >= 15 is 0 Å². The van der Waals surface area contributed by atoms with E-state index in [0.29, 0.717) is 5.76 Å². The van der Waals surface area contributed by atoms with Crippen LogP contribution in [0.15, 0.2) is 47.1 Å². The van der Waals surface area contributed by atoms with Gasteiger partial charge in [0, 0.05) is 19.0 Å². The maximum Gasteiger partial charge on any atom is 0.282 e. The molecule has 156 valence electrons. The first kappa shape index (κ1) is 20.9. The lowest BCUT2D eigenvalue weighted by Crippen LogP contribution is -2.50. The quantitative estimate of drug-likeness (QED) is 0.359. The maximum absolute atomic E-state index is 12.3. The zero-order valence-electron chi connectivity index (χ0n) is 15.5. The summed E-state index contributed by atoms with van der Waals surface area (Å²) in [6.45, 7) is 0.482. The van der Waals surface area contributed by atoms with Crippen molar-refractivity contribution in [2.75, 3.05) is 6.54 Å². The first-order chi connectivity index (χ1) is 14.3. The number of thiocarbonyl (C=S) groups is 1. The largest absolute Gasteiger partial charge is 0.467 e. The number of rotatable bonds is 5. The Morgan fingerprint density at radius 3 is 2.70 bits per heavy atom. The van der Waals surface area contributed by atoms with E-state index < -0.39 is 22.7 Å². The molecule has 1 fully saturated rings. The van der Waals surface area contributed by atoms with E-state index in [9.17, 15) is 24.5 Å². The van der Waals surface area contributed by atoms with E-state index in [0.717, 1.165) is 0 Å². The summed E-state index contributed by atoms with van der Waals surface area (Å²) < 4.78 is 5.21. The molecule has 0 bridgehead atoms. The fourth-order valence-electron chi connectivity index (χ4n) is 2.94. The van der Waals surface area contributed by atoms with Crippen LogP contribution < -0.4 is 16.2 Å². The van der Waals surface area contributed by atoms with Gasteiger partial charge in [-0.25, -0.2) is 0 Å². The molecule has 1 unspecified atom stereocenters. The Balaban J connectivity index is 1.49. The van der Waals surface area contributed by atoms with E-state index in [4.69, 9.17) is 16.6 Å². The van der Waals surface area contributed by atoms with Gasteiger partial charge in [-0.1, -0.05) is 12.1 Å². The van der Waals surface area contributed by atoms with E-state index in [1.54, 1.807) is 12.1 Å². The van der Waals surface area contributed by atoms with Crippen LogP contribution in [0.25, 0.3) is 0 Å². The number of nitrogens with one attached hydrogen (secondary N) is 3. The molecule has 2 heterocycles. The Hall–Kier alpha value is -3.80. The molecule has 1 aromatic carbocycles. The molecule has 3 rings (SSSR count). The molecule has 3 N–H and O–H groups in total. The second kappa shape index (κ2) is 9.13. The number of para-hydroxylation sites is 1. The fraction of sp³-hybridized carbons (Fsp3) is 0.222. The number of nitro groups is 1. The average molecular weight is 431 g/mol. The number of likely N-dealkylation sites (tertiary alicyclic amines) is 1. The Labute approximate surface area is 175 Å². The number of nitrogens with zero attached hydrogens (tertiary/aromatic N) is 2. The number of nitro benzene ring substituents is 1. The number of hydrogen-bond acceptors (Lipinski definition) is 7. The van der Waals surface area contributed by atoms with E-state index in [2.05, 4.69) is 16.2 Å². The zero-order valence-corrected chi connectivity index (χ0v) is 16.3. The molecule has 0 aliphatic carbocycles. The van der Waals surface area contributed by atoms with E-state index in [1.807, 2.05) is 0 Å². The molecule has 30 heavy (non-hydrogen) atoms. The zero-order chi connectivity index (χ0) is 21.7. The minimum Gasteiger partial charge on any atom is -0.467 e.